The molecule has 0 saturated heterocycles. The fourth-order valence-electron chi connectivity index (χ4n) is 2.27. The molecule has 0 aliphatic rings. The van der Waals surface area contributed by atoms with Crippen molar-refractivity contribution in [1.29, 1.82) is 0 Å². The van der Waals surface area contributed by atoms with Crippen molar-refractivity contribution in [3.63, 3.8) is 0 Å². The molecule has 3 aromatic rings. The van der Waals surface area contributed by atoms with Crippen LogP contribution in [-0.2, 0) is 0 Å². The van der Waals surface area contributed by atoms with E-state index in [4.69, 9.17) is 4.74 Å². The highest BCUT2D eigenvalue weighted by Gasteiger charge is 2.20. The van der Waals surface area contributed by atoms with E-state index in [1.807, 2.05) is 0 Å². The molecule has 8 heteroatoms. The first-order valence-electron chi connectivity index (χ1n) is 7.72. The topological polar surface area (TPSA) is 56.2 Å². The van der Waals surface area contributed by atoms with Gasteiger partial charge in [-0.15, -0.1) is 0 Å². The van der Waals surface area contributed by atoms with Crippen molar-refractivity contribution in [2.24, 2.45) is 0 Å². The predicted octanol–water partition coefficient (Wildman–Crippen LogP) is 3.94. The Kier molecular flexibility index (Phi) is 4.92. The zero-order chi connectivity index (χ0) is 18.7. The fraction of sp³-hybridized carbons (Fsp3) is 0.111. The van der Waals surface area contributed by atoms with Crippen LogP contribution in [0.4, 0.5) is 18.9 Å². The van der Waals surface area contributed by atoms with Crippen molar-refractivity contribution in [3.05, 3.63) is 71.8 Å². The van der Waals surface area contributed by atoms with Gasteiger partial charge < -0.3 is 10.1 Å². The van der Waals surface area contributed by atoms with E-state index in [1.165, 1.54) is 35.1 Å². The van der Waals surface area contributed by atoms with Crippen LogP contribution in [0.3, 0.4) is 0 Å². The zero-order valence-electron chi connectivity index (χ0n) is 13.7. The highest BCUT2D eigenvalue weighted by Crippen LogP contribution is 2.23. The summed E-state index contributed by atoms with van der Waals surface area (Å²) >= 11 is 0. The largest absolute Gasteiger partial charge is 0.490 e. The van der Waals surface area contributed by atoms with E-state index < -0.39 is 23.4 Å². The van der Waals surface area contributed by atoms with Gasteiger partial charge in [0.05, 0.1) is 24.2 Å². The van der Waals surface area contributed by atoms with Crippen LogP contribution in [0.2, 0.25) is 0 Å². The molecule has 134 valence electrons. The van der Waals surface area contributed by atoms with Gasteiger partial charge in [0.25, 0.3) is 5.91 Å². The number of ether oxygens (including phenoxy) is 1. The molecule has 3 rings (SSSR count). The van der Waals surface area contributed by atoms with Crippen LogP contribution in [0.5, 0.6) is 5.75 Å². The Hall–Kier alpha value is -3.29. The summed E-state index contributed by atoms with van der Waals surface area (Å²) in [6, 6.07) is 8.28. The minimum Gasteiger partial charge on any atom is -0.490 e. The van der Waals surface area contributed by atoms with Crippen LogP contribution in [0.15, 0.2) is 48.7 Å². The van der Waals surface area contributed by atoms with Crippen LogP contribution in [0, 0.1) is 17.5 Å². The second-order valence-corrected chi connectivity index (χ2v) is 5.27. The molecule has 1 aromatic heterocycles. The number of benzene rings is 2. The van der Waals surface area contributed by atoms with Gasteiger partial charge in [0, 0.05) is 6.07 Å². The number of aromatic nitrogens is 2. The summed E-state index contributed by atoms with van der Waals surface area (Å²) in [5, 5.41) is 6.46. The second kappa shape index (κ2) is 7.30. The molecule has 0 unspecified atom stereocenters. The molecule has 0 radical (unpaired) electrons. The number of carbonyl (C=O) groups excluding carboxylic acids is 1. The molecule has 0 aliphatic heterocycles. The van der Waals surface area contributed by atoms with Crippen molar-refractivity contribution in [1.82, 2.24) is 9.78 Å². The zero-order valence-corrected chi connectivity index (χ0v) is 13.7. The first kappa shape index (κ1) is 17.5. The quantitative estimate of drug-likeness (QED) is 0.749. The number of anilines is 1. The van der Waals surface area contributed by atoms with Crippen LogP contribution < -0.4 is 10.1 Å². The molecule has 0 fully saturated rings. The maximum absolute atomic E-state index is 13.7. The fourth-order valence-corrected chi connectivity index (χ4v) is 2.27. The summed E-state index contributed by atoms with van der Waals surface area (Å²) in [5.41, 5.74) is 0.245. The first-order chi connectivity index (χ1) is 12.5. The van der Waals surface area contributed by atoms with Crippen molar-refractivity contribution >= 4 is 11.6 Å². The van der Waals surface area contributed by atoms with E-state index >= 15 is 0 Å². The molecule has 2 aromatic carbocycles. The number of amides is 1. The average molecular weight is 361 g/mol. The SMILES string of the molecule is CCOc1cn(-c2ccc(F)cc2)nc1C(=O)Nc1ccc(F)cc1F. The third kappa shape index (κ3) is 3.69. The lowest BCUT2D eigenvalue weighted by Gasteiger charge is -2.06. The summed E-state index contributed by atoms with van der Waals surface area (Å²) < 4.78 is 46.5. The van der Waals surface area contributed by atoms with Crippen molar-refractivity contribution < 1.29 is 22.7 Å². The smallest absolute Gasteiger partial charge is 0.280 e. The van der Waals surface area contributed by atoms with Gasteiger partial charge in [-0.1, -0.05) is 0 Å². The Balaban J connectivity index is 1.92. The molecule has 0 aliphatic carbocycles. The van der Waals surface area contributed by atoms with E-state index in [9.17, 15) is 18.0 Å². The number of nitrogens with one attached hydrogen (secondary N) is 1. The van der Waals surface area contributed by atoms with Gasteiger partial charge in [-0.3, -0.25) is 4.79 Å². The first-order valence-corrected chi connectivity index (χ1v) is 7.72. The van der Waals surface area contributed by atoms with Gasteiger partial charge in [-0.2, -0.15) is 5.10 Å². The monoisotopic (exact) mass is 361 g/mol. The molecular weight excluding hydrogens is 347 g/mol. The van der Waals surface area contributed by atoms with E-state index in [1.54, 1.807) is 6.92 Å². The number of rotatable bonds is 5. The Morgan fingerprint density at radius 1 is 1.12 bits per heavy atom. The van der Waals surface area contributed by atoms with Gasteiger partial charge in [0.15, 0.2) is 11.4 Å². The minimum absolute atomic E-state index is 0.0834. The van der Waals surface area contributed by atoms with Gasteiger partial charge in [-0.05, 0) is 43.3 Å². The Morgan fingerprint density at radius 2 is 1.81 bits per heavy atom. The Bertz CT molecular complexity index is 939. The Morgan fingerprint density at radius 3 is 2.46 bits per heavy atom. The number of nitrogens with zero attached hydrogens (tertiary/aromatic N) is 2. The van der Waals surface area contributed by atoms with Crippen LogP contribution in [-0.4, -0.2) is 22.3 Å². The molecule has 0 saturated carbocycles. The maximum atomic E-state index is 13.7. The lowest BCUT2D eigenvalue weighted by molar-refractivity contribution is 0.101. The summed E-state index contributed by atoms with van der Waals surface area (Å²) in [7, 11) is 0. The molecule has 5 nitrogen and oxygen atoms in total. The van der Waals surface area contributed by atoms with Crippen molar-refractivity contribution in [3.8, 4) is 11.4 Å². The van der Waals surface area contributed by atoms with E-state index in [0.29, 0.717) is 11.8 Å². The molecular formula is C18H14F3N3O2. The molecule has 1 N–H and O–H groups in total. The molecule has 0 bridgehead atoms. The van der Waals surface area contributed by atoms with Crippen LogP contribution in [0.1, 0.15) is 17.4 Å². The average Bonchev–Trinajstić information content (AvgIpc) is 3.02. The molecule has 0 spiro atoms. The van der Waals surface area contributed by atoms with Crippen LogP contribution >= 0.6 is 0 Å². The van der Waals surface area contributed by atoms with E-state index in [0.717, 1.165) is 12.1 Å². The number of carbonyl (C=O) groups is 1. The lowest BCUT2D eigenvalue weighted by atomic mass is 10.2. The highest BCUT2D eigenvalue weighted by molar-refractivity contribution is 6.04. The predicted molar refractivity (Wildman–Crippen MR) is 89.0 cm³/mol. The summed E-state index contributed by atoms with van der Waals surface area (Å²) in [5.74, 6) is -2.61. The molecule has 1 heterocycles. The highest BCUT2D eigenvalue weighted by atomic mass is 19.1. The number of hydrogen-bond donors (Lipinski definition) is 1. The van der Waals surface area contributed by atoms with Gasteiger partial charge in [-0.25, -0.2) is 17.9 Å². The summed E-state index contributed by atoms with van der Waals surface area (Å²) in [4.78, 5) is 12.5. The minimum atomic E-state index is -0.908. The van der Waals surface area contributed by atoms with Gasteiger partial charge in [0.1, 0.15) is 17.5 Å². The number of hydrogen-bond acceptors (Lipinski definition) is 3. The Labute approximate surface area is 147 Å². The van der Waals surface area contributed by atoms with Crippen molar-refractivity contribution in [2.75, 3.05) is 11.9 Å². The standard InChI is InChI=1S/C18H14F3N3O2/c1-2-26-16-10-24(13-6-3-11(19)4-7-13)23-17(16)18(25)22-15-8-5-12(20)9-14(15)21/h3-10H,2H2,1H3,(H,22,25). The third-order valence-corrected chi connectivity index (χ3v) is 3.47. The third-order valence-electron chi connectivity index (χ3n) is 3.47. The normalized spacial score (nSPS) is 10.6. The number of halogens is 3. The molecule has 0 atom stereocenters. The molecule has 1 amide bonds. The maximum Gasteiger partial charge on any atom is 0.280 e. The summed E-state index contributed by atoms with van der Waals surface area (Å²) in [6.45, 7) is 2.01. The van der Waals surface area contributed by atoms with Crippen molar-refractivity contribution in [2.45, 2.75) is 6.92 Å². The van der Waals surface area contributed by atoms with Gasteiger partial charge in [0.2, 0.25) is 0 Å². The van der Waals surface area contributed by atoms with E-state index in [2.05, 4.69) is 10.4 Å². The van der Waals surface area contributed by atoms with E-state index in [-0.39, 0.29) is 23.7 Å². The van der Waals surface area contributed by atoms with Crippen LogP contribution in [0.25, 0.3) is 5.69 Å². The molecule has 26 heavy (non-hydrogen) atoms. The summed E-state index contributed by atoms with van der Waals surface area (Å²) in [6.07, 6.45) is 1.46. The van der Waals surface area contributed by atoms with Gasteiger partial charge >= 0.3 is 0 Å². The lowest BCUT2D eigenvalue weighted by Crippen LogP contribution is -2.15. The second-order valence-electron chi connectivity index (χ2n) is 5.27.